The molecule has 1 aromatic carbocycles. The van der Waals surface area contributed by atoms with E-state index in [1.54, 1.807) is 0 Å². The van der Waals surface area contributed by atoms with Crippen molar-refractivity contribution in [1.29, 1.82) is 5.26 Å². The van der Waals surface area contributed by atoms with Crippen molar-refractivity contribution in [2.24, 2.45) is 0 Å². The third-order valence-corrected chi connectivity index (χ3v) is 1.72. The first-order valence-corrected chi connectivity index (χ1v) is 3.47. The molecule has 0 bridgehead atoms. The Kier molecular flexibility index (Phi) is 2.12. The van der Waals surface area contributed by atoms with Crippen LogP contribution >= 0.6 is 0 Å². The van der Waals surface area contributed by atoms with Crippen LogP contribution in [-0.4, -0.2) is 7.05 Å². The molecule has 0 saturated heterocycles. The predicted octanol–water partition coefficient (Wildman–Crippen LogP) is 1.91. The van der Waals surface area contributed by atoms with Crippen molar-refractivity contribution < 1.29 is 0 Å². The minimum atomic E-state index is 0.733. The minimum Gasteiger partial charge on any atom is -0.388 e. The molecule has 0 spiro atoms. The minimum absolute atomic E-state index is 0.733. The van der Waals surface area contributed by atoms with Gasteiger partial charge in [0.15, 0.2) is 0 Å². The average molecular weight is 146 g/mol. The van der Waals surface area contributed by atoms with Crippen molar-refractivity contribution in [2.75, 3.05) is 12.4 Å². The molecule has 2 nitrogen and oxygen atoms in total. The van der Waals surface area contributed by atoms with Crippen molar-refractivity contribution in [3.63, 3.8) is 0 Å². The Labute approximate surface area is 66.5 Å². The smallest absolute Gasteiger partial charge is 0.0995 e. The summed E-state index contributed by atoms with van der Waals surface area (Å²) in [6.07, 6.45) is 0. The maximum Gasteiger partial charge on any atom is 0.0995 e. The first kappa shape index (κ1) is 7.62. The third kappa shape index (κ3) is 1.32. The topological polar surface area (TPSA) is 35.8 Å². The monoisotopic (exact) mass is 146 g/mol. The number of benzene rings is 1. The van der Waals surface area contributed by atoms with E-state index in [1.807, 2.05) is 32.2 Å². The second-order valence-corrected chi connectivity index (χ2v) is 2.34. The van der Waals surface area contributed by atoms with Gasteiger partial charge in [-0.15, -0.1) is 0 Å². The van der Waals surface area contributed by atoms with E-state index in [-0.39, 0.29) is 0 Å². The van der Waals surface area contributed by atoms with Crippen LogP contribution in [0, 0.1) is 18.3 Å². The largest absolute Gasteiger partial charge is 0.388 e. The van der Waals surface area contributed by atoms with Crippen LogP contribution in [0.25, 0.3) is 0 Å². The van der Waals surface area contributed by atoms with Crippen LogP contribution in [0.2, 0.25) is 0 Å². The Morgan fingerprint density at radius 3 is 2.73 bits per heavy atom. The number of nitrogens with zero attached hydrogens (tertiary/aromatic N) is 1. The zero-order valence-corrected chi connectivity index (χ0v) is 6.68. The van der Waals surface area contributed by atoms with E-state index in [9.17, 15) is 0 Å². The fraction of sp³-hybridized carbons (Fsp3) is 0.222. The molecular weight excluding hydrogens is 136 g/mol. The van der Waals surface area contributed by atoms with Crippen molar-refractivity contribution in [2.45, 2.75) is 6.92 Å². The van der Waals surface area contributed by atoms with Crippen LogP contribution in [0.3, 0.4) is 0 Å². The van der Waals surface area contributed by atoms with Gasteiger partial charge in [-0.05, 0) is 24.6 Å². The number of nitriles is 1. The summed E-state index contributed by atoms with van der Waals surface area (Å²) < 4.78 is 0. The number of nitrogens with one attached hydrogen (secondary N) is 1. The van der Waals surface area contributed by atoms with Crippen molar-refractivity contribution >= 4 is 5.69 Å². The molecular formula is C9H10N2. The fourth-order valence-corrected chi connectivity index (χ4v) is 1.03. The summed E-state index contributed by atoms with van der Waals surface area (Å²) in [5, 5.41) is 11.7. The maximum absolute atomic E-state index is 8.66. The molecule has 0 heterocycles. The first-order valence-electron chi connectivity index (χ1n) is 3.47. The van der Waals surface area contributed by atoms with E-state index in [0.29, 0.717) is 0 Å². The van der Waals surface area contributed by atoms with Crippen LogP contribution in [0.1, 0.15) is 11.1 Å². The number of hydrogen-bond acceptors (Lipinski definition) is 2. The Morgan fingerprint density at radius 1 is 1.45 bits per heavy atom. The summed E-state index contributed by atoms with van der Waals surface area (Å²) in [4.78, 5) is 0. The third-order valence-electron chi connectivity index (χ3n) is 1.72. The van der Waals surface area contributed by atoms with Gasteiger partial charge in [-0.3, -0.25) is 0 Å². The second kappa shape index (κ2) is 3.07. The zero-order valence-electron chi connectivity index (χ0n) is 6.68. The highest BCUT2D eigenvalue weighted by Gasteiger charge is 1.99. The van der Waals surface area contributed by atoms with Crippen LogP contribution in [0.5, 0.6) is 0 Å². The summed E-state index contributed by atoms with van der Waals surface area (Å²) in [6, 6.07) is 7.77. The summed E-state index contributed by atoms with van der Waals surface area (Å²) in [6.45, 7) is 1.93. The van der Waals surface area contributed by atoms with Crippen molar-refractivity contribution in [3.8, 4) is 6.07 Å². The van der Waals surface area contributed by atoms with Gasteiger partial charge in [0, 0.05) is 12.7 Å². The molecule has 0 aromatic heterocycles. The molecule has 2 heteroatoms. The Bertz CT molecular complexity index is 297. The lowest BCUT2D eigenvalue weighted by Crippen LogP contribution is -1.93. The molecule has 11 heavy (non-hydrogen) atoms. The first-order chi connectivity index (χ1) is 5.29. The van der Waals surface area contributed by atoms with E-state index in [0.717, 1.165) is 16.8 Å². The molecule has 0 saturated carbocycles. The van der Waals surface area contributed by atoms with E-state index < -0.39 is 0 Å². The zero-order chi connectivity index (χ0) is 8.27. The van der Waals surface area contributed by atoms with E-state index in [4.69, 9.17) is 5.26 Å². The van der Waals surface area contributed by atoms with Gasteiger partial charge >= 0.3 is 0 Å². The molecule has 0 aliphatic carbocycles. The number of hydrogen-bond donors (Lipinski definition) is 1. The van der Waals surface area contributed by atoms with Gasteiger partial charge in [0.1, 0.15) is 0 Å². The standard InChI is InChI=1S/C9H10N2/c1-7-8(6-10)4-3-5-9(7)11-2/h3-5,11H,1-2H3. The second-order valence-electron chi connectivity index (χ2n) is 2.34. The summed E-state index contributed by atoms with van der Waals surface area (Å²) in [7, 11) is 1.85. The van der Waals surface area contributed by atoms with Gasteiger partial charge in [-0.1, -0.05) is 6.07 Å². The Balaban J connectivity index is 3.23. The maximum atomic E-state index is 8.66. The highest BCUT2D eigenvalue weighted by atomic mass is 14.8. The Hall–Kier alpha value is -1.49. The highest BCUT2D eigenvalue weighted by Crippen LogP contribution is 2.16. The SMILES string of the molecule is CNc1cccc(C#N)c1C. The van der Waals surface area contributed by atoms with Gasteiger partial charge in [-0.2, -0.15) is 5.26 Å². The van der Waals surface area contributed by atoms with E-state index >= 15 is 0 Å². The van der Waals surface area contributed by atoms with Gasteiger partial charge in [0.2, 0.25) is 0 Å². The molecule has 1 aromatic rings. The summed E-state index contributed by atoms with van der Waals surface area (Å²) in [5.74, 6) is 0. The molecule has 0 unspecified atom stereocenters. The normalized spacial score (nSPS) is 8.82. The number of rotatable bonds is 1. The quantitative estimate of drug-likeness (QED) is 0.656. The molecule has 0 aliphatic heterocycles. The summed E-state index contributed by atoms with van der Waals surface area (Å²) in [5.41, 5.74) is 2.76. The van der Waals surface area contributed by atoms with Gasteiger partial charge < -0.3 is 5.32 Å². The lowest BCUT2D eigenvalue weighted by molar-refractivity contribution is 1.36. The Morgan fingerprint density at radius 2 is 2.18 bits per heavy atom. The highest BCUT2D eigenvalue weighted by molar-refractivity contribution is 5.56. The molecule has 0 atom stereocenters. The molecule has 1 N–H and O–H groups in total. The van der Waals surface area contributed by atoms with Gasteiger partial charge in [0.25, 0.3) is 0 Å². The average Bonchev–Trinajstić information content (AvgIpc) is 2.05. The molecule has 0 fully saturated rings. The molecule has 0 radical (unpaired) electrons. The van der Waals surface area contributed by atoms with Crippen LogP contribution in [-0.2, 0) is 0 Å². The predicted molar refractivity (Wildman–Crippen MR) is 45.4 cm³/mol. The summed E-state index contributed by atoms with van der Waals surface area (Å²) >= 11 is 0. The van der Waals surface area contributed by atoms with Crippen molar-refractivity contribution in [3.05, 3.63) is 29.3 Å². The molecule has 1 rings (SSSR count). The molecule has 0 aliphatic rings. The van der Waals surface area contributed by atoms with Gasteiger partial charge in [0.05, 0.1) is 11.6 Å². The van der Waals surface area contributed by atoms with E-state index in [2.05, 4.69) is 11.4 Å². The fourth-order valence-electron chi connectivity index (χ4n) is 1.03. The number of anilines is 1. The molecule has 0 amide bonds. The van der Waals surface area contributed by atoms with E-state index in [1.165, 1.54) is 0 Å². The van der Waals surface area contributed by atoms with Crippen molar-refractivity contribution in [1.82, 2.24) is 0 Å². The molecule has 56 valence electrons. The van der Waals surface area contributed by atoms with Crippen LogP contribution in [0.15, 0.2) is 18.2 Å². The lowest BCUT2D eigenvalue weighted by Gasteiger charge is -2.04. The van der Waals surface area contributed by atoms with Crippen LogP contribution in [0.4, 0.5) is 5.69 Å². The lowest BCUT2D eigenvalue weighted by atomic mass is 10.1. The van der Waals surface area contributed by atoms with Crippen LogP contribution < -0.4 is 5.32 Å². The van der Waals surface area contributed by atoms with Gasteiger partial charge in [-0.25, -0.2) is 0 Å².